The van der Waals surface area contributed by atoms with Gasteiger partial charge in [-0.1, -0.05) is 38.5 Å². The Labute approximate surface area is 322 Å². The molecule has 0 aromatic rings. The first kappa shape index (κ1) is 41.2. The highest BCUT2D eigenvalue weighted by molar-refractivity contribution is 5.65. The molecule has 0 bridgehead atoms. The standard InChI is InChI=1S/C44H76N2O7/c1-33(47)51-31-29-50-30-32-52-44(48)53-43-27-23-41(24-28-43)46(37-11-7-4-8-12-37)39-19-15-35(16-20-39)34-13-17-38(18-14-34)45(36-9-5-3-6-10-36)40-21-25-42(49-2)26-22-40/h34-43H,3-32H2,1-2H3. The number of ether oxygens (including phenoxy) is 5. The lowest BCUT2D eigenvalue weighted by atomic mass is 9.70. The molecule has 0 unspecified atom stereocenters. The highest BCUT2D eigenvalue weighted by atomic mass is 16.7. The predicted molar refractivity (Wildman–Crippen MR) is 208 cm³/mol. The van der Waals surface area contributed by atoms with E-state index in [-0.39, 0.29) is 38.5 Å². The molecule has 6 aliphatic rings. The van der Waals surface area contributed by atoms with Gasteiger partial charge in [-0.3, -0.25) is 14.6 Å². The van der Waals surface area contributed by atoms with Crippen LogP contribution in [0.4, 0.5) is 4.79 Å². The van der Waals surface area contributed by atoms with Gasteiger partial charge in [0.1, 0.15) is 19.3 Å². The van der Waals surface area contributed by atoms with Gasteiger partial charge >= 0.3 is 12.1 Å². The molecule has 9 nitrogen and oxygen atoms in total. The normalized spacial score (nSPS) is 33.8. The minimum Gasteiger partial charge on any atom is -0.463 e. The molecular weight excluding hydrogens is 668 g/mol. The van der Waals surface area contributed by atoms with Crippen LogP contribution in [0.5, 0.6) is 0 Å². The van der Waals surface area contributed by atoms with Gasteiger partial charge in [0.15, 0.2) is 0 Å². The van der Waals surface area contributed by atoms with E-state index in [1.807, 2.05) is 7.11 Å². The zero-order chi connectivity index (χ0) is 36.8. The van der Waals surface area contributed by atoms with Crippen LogP contribution in [0.2, 0.25) is 0 Å². The number of nitrogens with zero attached hydrogens (tertiary/aromatic N) is 2. The Kier molecular flexibility index (Phi) is 16.9. The molecule has 0 heterocycles. The summed E-state index contributed by atoms with van der Waals surface area (Å²) in [5.74, 6) is 1.54. The highest BCUT2D eigenvalue weighted by Crippen LogP contribution is 2.45. The number of rotatable bonds is 15. The van der Waals surface area contributed by atoms with Crippen LogP contribution in [0.25, 0.3) is 0 Å². The van der Waals surface area contributed by atoms with Gasteiger partial charge in [-0.15, -0.1) is 0 Å². The van der Waals surface area contributed by atoms with Gasteiger partial charge in [-0.2, -0.15) is 0 Å². The molecule has 6 rings (SSSR count). The van der Waals surface area contributed by atoms with E-state index in [4.69, 9.17) is 23.7 Å². The molecule has 0 saturated heterocycles. The number of methoxy groups -OCH3 is 1. The van der Waals surface area contributed by atoms with Gasteiger partial charge in [0.2, 0.25) is 0 Å². The largest absolute Gasteiger partial charge is 0.508 e. The molecule has 0 radical (unpaired) electrons. The molecule has 9 heteroatoms. The van der Waals surface area contributed by atoms with E-state index in [0.717, 1.165) is 67.7 Å². The summed E-state index contributed by atoms with van der Waals surface area (Å²) in [5.41, 5.74) is 0. The average molecular weight is 745 g/mol. The van der Waals surface area contributed by atoms with Crippen molar-refractivity contribution < 1.29 is 33.3 Å². The van der Waals surface area contributed by atoms with Crippen LogP contribution in [0.15, 0.2) is 0 Å². The summed E-state index contributed by atoms with van der Waals surface area (Å²) in [7, 11) is 1.91. The molecule has 0 aliphatic heterocycles. The monoisotopic (exact) mass is 745 g/mol. The maximum atomic E-state index is 12.4. The summed E-state index contributed by atoms with van der Waals surface area (Å²) in [4.78, 5) is 29.4. The van der Waals surface area contributed by atoms with Gasteiger partial charge in [-0.25, -0.2) is 4.79 Å². The second-order valence-electron chi connectivity index (χ2n) is 17.9. The van der Waals surface area contributed by atoms with E-state index >= 15 is 0 Å². The lowest BCUT2D eigenvalue weighted by Gasteiger charge is -2.51. The molecular formula is C44H76N2O7. The molecule has 6 saturated carbocycles. The Balaban J connectivity index is 0.943. The minimum absolute atomic E-state index is 0.0582. The molecule has 6 aliphatic carbocycles. The third-order valence-corrected chi connectivity index (χ3v) is 14.7. The van der Waals surface area contributed by atoms with Crippen LogP contribution in [0, 0.1) is 11.8 Å². The van der Waals surface area contributed by atoms with Crippen LogP contribution >= 0.6 is 0 Å². The van der Waals surface area contributed by atoms with Crippen LogP contribution in [0.3, 0.4) is 0 Å². The Morgan fingerprint density at radius 1 is 0.453 bits per heavy atom. The first-order valence-corrected chi connectivity index (χ1v) is 22.6. The molecule has 0 aromatic heterocycles. The molecule has 304 valence electrons. The van der Waals surface area contributed by atoms with Crippen molar-refractivity contribution in [2.45, 2.75) is 222 Å². The van der Waals surface area contributed by atoms with Crippen LogP contribution in [-0.2, 0) is 28.5 Å². The first-order chi connectivity index (χ1) is 26.0. The maximum Gasteiger partial charge on any atom is 0.508 e. The summed E-state index contributed by atoms with van der Waals surface area (Å²) in [5, 5.41) is 0. The first-order valence-electron chi connectivity index (χ1n) is 22.6. The summed E-state index contributed by atoms with van der Waals surface area (Å²) in [6, 6.07) is 4.52. The second-order valence-corrected chi connectivity index (χ2v) is 17.9. The van der Waals surface area contributed by atoms with Crippen molar-refractivity contribution >= 4 is 12.1 Å². The van der Waals surface area contributed by atoms with Gasteiger partial charge in [0.25, 0.3) is 0 Å². The van der Waals surface area contributed by atoms with E-state index in [1.165, 1.54) is 148 Å². The number of hydrogen-bond donors (Lipinski definition) is 0. The fraction of sp³-hybridized carbons (Fsp3) is 0.955. The molecule has 0 spiro atoms. The number of esters is 1. The van der Waals surface area contributed by atoms with E-state index in [0.29, 0.717) is 12.1 Å². The molecule has 6 fully saturated rings. The topological polar surface area (TPSA) is 86.8 Å². The number of hydrogen-bond acceptors (Lipinski definition) is 9. The summed E-state index contributed by atoms with van der Waals surface area (Å²) in [6.45, 7) is 2.27. The molecule has 0 N–H and O–H groups in total. The Morgan fingerprint density at radius 2 is 0.830 bits per heavy atom. The summed E-state index contributed by atoms with van der Waals surface area (Å²) in [6.07, 6.45) is 34.6. The average Bonchev–Trinajstić information content (AvgIpc) is 3.20. The predicted octanol–water partition coefficient (Wildman–Crippen LogP) is 9.38. The molecule has 0 aromatic carbocycles. The van der Waals surface area contributed by atoms with Crippen LogP contribution in [-0.4, -0.2) is 104 Å². The zero-order valence-electron chi connectivity index (χ0n) is 33.7. The molecule has 53 heavy (non-hydrogen) atoms. The van der Waals surface area contributed by atoms with Crippen molar-refractivity contribution in [2.75, 3.05) is 33.5 Å². The highest BCUT2D eigenvalue weighted by Gasteiger charge is 2.41. The van der Waals surface area contributed by atoms with E-state index in [9.17, 15) is 9.59 Å². The van der Waals surface area contributed by atoms with Gasteiger partial charge in [0, 0.05) is 50.3 Å². The summed E-state index contributed by atoms with van der Waals surface area (Å²) < 4.78 is 27.0. The van der Waals surface area contributed by atoms with Crippen molar-refractivity contribution in [2.24, 2.45) is 11.8 Å². The van der Waals surface area contributed by atoms with Gasteiger partial charge in [-0.05, 0) is 140 Å². The van der Waals surface area contributed by atoms with Crippen molar-refractivity contribution in [1.29, 1.82) is 0 Å². The summed E-state index contributed by atoms with van der Waals surface area (Å²) >= 11 is 0. The number of carbonyl (C=O) groups is 2. The van der Waals surface area contributed by atoms with E-state index in [2.05, 4.69) is 9.80 Å². The fourth-order valence-electron chi connectivity index (χ4n) is 12.0. The third kappa shape index (κ3) is 12.3. The van der Waals surface area contributed by atoms with Gasteiger partial charge < -0.3 is 23.7 Å². The third-order valence-electron chi connectivity index (χ3n) is 14.7. The lowest BCUT2D eigenvalue weighted by molar-refractivity contribution is -0.142. The zero-order valence-corrected chi connectivity index (χ0v) is 33.7. The van der Waals surface area contributed by atoms with E-state index in [1.54, 1.807) is 0 Å². The van der Waals surface area contributed by atoms with Crippen molar-refractivity contribution in [1.82, 2.24) is 9.80 Å². The maximum absolute atomic E-state index is 12.4. The molecule has 0 atom stereocenters. The molecule has 0 amide bonds. The smallest absolute Gasteiger partial charge is 0.463 e. The fourth-order valence-corrected chi connectivity index (χ4v) is 12.0. The second kappa shape index (κ2) is 21.8. The van der Waals surface area contributed by atoms with Crippen LogP contribution in [0.1, 0.15) is 174 Å². The Hall–Kier alpha value is -1.42. The van der Waals surface area contributed by atoms with Crippen molar-refractivity contribution in [3.63, 3.8) is 0 Å². The SMILES string of the molecule is COC1CCC(N(C2CCCCC2)C2CCC(C3CCC(N(C4CCCCC4)C4CCC(OC(=O)OCCOCCOC(C)=O)CC4)CC3)CC2)CC1. The Bertz CT molecular complexity index is 1050. The Morgan fingerprint density at radius 3 is 1.25 bits per heavy atom. The van der Waals surface area contributed by atoms with Gasteiger partial charge in [0.05, 0.1) is 19.3 Å². The van der Waals surface area contributed by atoms with Crippen molar-refractivity contribution in [3.8, 4) is 0 Å². The van der Waals surface area contributed by atoms with E-state index < -0.39 is 6.16 Å². The quantitative estimate of drug-likeness (QED) is 0.120. The van der Waals surface area contributed by atoms with Crippen molar-refractivity contribution in [3.05, 3.63) is 0 Å². The van der Waals surface area contributed by atoms with Crippen LogP contribution < -0.4 is 0 Å². The lowest BCUT2D eigenvalue weighted by Crippen LogP contribution is -2.53. The number of carbonyl (C=O) groups excluding carboxylic acids is 2. The minimum atomic E-state index is -0.593.